The van der Waals surface area contributed by atoms with Crippen molar-refractivity contribution in [3.05, 3.63) is 53.6 Å². The molecule has 0 saturated carbocycles. The van der Waals surface area contributed by atoms with Gasteiger partial charge in [0.25, 0.3) is 0 Å². The molecule has 0 aliphatic rings. The smallest absolute Gasteiger partial charge is 0.243 e. The van der Waals surface area contributed by atoms with Gasteiger partial charge in [0, 0.05) is 18.3 Å². The predicted octanol–water partition coefficient (Wildman–Crippen LogP) is 2.96. The van der Waals surface area contributed by atoms with Crippen LogP contribution in [-0.2, 0) is 14.8 Å². The van der Waals surface area contributed by atoms with Crippen molar-refractivity contribution < 1.29 is 17.9 Å². The first-order valence-electron chi connectivity index (χ1n) is 8.29. The molecule has 2 rings (SSSR count). The van der Waals surface area contributed by atoms with E-state index >= 15 is 0 Å². The molecule has 0 atom stereocenters. The van der Waals surface area contributed by atoms with E-state index in [2.05, 4.69) is 5.32 Å². The van der Waals surface area contributed by atoms with Crippen LogP contribution in [0.5, 0.6) is 5.75 Å². The fourth-order valence-corrected chi connectivity index (χ4v) is 4.27. The molecule has 0 heterocycles. The van der Waals surface area contributed by atoms with Gasteiger partial charge in [-0.2, -0.15) is 4.31 Å². The summed E-state index contributed by atoms with van der Waals surface area (Å²) in [6, 6.07) is 12.2. The van der Waals surface area contributed by atoms with Gasteiger partial charge >= 0.3 is 0 Å². The molecule has 26 heavy (non-hydrogen) atoms. The summed E-state index contributed by atoms with van der Waals surface area (Å²) in [6.45, 7) is 5.23. The molecule has 0 saturated heterocycles. The molecule has 0 aliphatic heterocycles. The minimum absolute atomic E-state index is 0.196. The number of anilines is 1. The predicted molar refractivity (Wildman–Crippen MR) is 102 cm³/mol. The molecule has 2 aromatic rings. The number of benzene rings is 2. The molecule has 0 aromatic heterocycles. The standard InChI is InChI=1S/C19H24N2O4S/c1-5-21(26(23,24)18-11-14(2)9-10-15(18)3)13-19(22)20-16-7-6-8-17(12-16)25-4/h6-12H,5,13H2,1-4H3,(H,20,22). The van der Waals surface area contributed by atoms with Gasteiger partial charge in [0.05, 0.1) is 18.6 Å². The number of sulfonamides is 1. The molecule has 6 nitrogen and oxygen atoms in total. The molecule has 0 unspecified atom stereocenters. The lowest BCUT2D eigenvalue weighted by atomic mass is 10.2. The van der Waals surface area contributed by atoms with Crippen molar-refractivity contribution in [2.75, 3.05) is 25.5 Å². The number of carbonyl (C=O) groups is 1. The van der Waals surface area contributed by atoms with Crippen LogP contribution in [0.3, 0.4) is 0 Å². The molecular formula is C19H24N2O4S. The van der Waals surface area contributed by atoms with E-state index in [0.29, 0.717) is 17.0 Å². The van der Waals surface area contributed by atoms with Gasteiger partial charge in [0.2, 0.25) is 15.9 Å². The lowest BCUT2D eigenvalue weighted by molar-refractivity contribution is -0.116. The topological polar surface area (TPSA) is 75.7 Å². The highest BCUT2D eigenvalue weighted by Crippen LogP contribution is 2.21. The Bertz CT molecular complexity index is 894. The van der Waals surface area contributed by atoms with E-state index in [1.54, 1.807) is 50.2 Å². The molecule has 0 bridgehead atoms. The molecule has 1 amide bonds. The first-order valence-corrected chi connectivity index (χ1v) is 9.73. The Morgan fingerprint density at radius 2 is 1.88 bits per heavy atom. The minimum Gasteiger partial charge on any atom is -0.497 e. The Hall–Kier alpha value is -2.38. The quantitative estimate of drug-likeness (QED) is 0.806. The van der Waals surface area contributed by atoms with Gasteiger partial charge in [-0.05, 0) is 43.2 Å². The van der Waals surface area contributed by atoms with Crippen LogP contribution < -0.4 is 10.1 Å². The zero-order valence-corrected chi connectivity index (χ0v) is 16.3. The Labute approximate surface area is 154 Å². The lowest BCUT2D eigenvalue weighted by Crippen LogP contribution is -2.38. The fourth-order valence-electron chi connectivity index (χ4n) is 2.55. The zero-order chi connectivity index (χ0) is 19.3. The summed E-state index contributed by atoms with van der Waals surface area (Å²) < 4.78 is 32.2. The fraction of sp³-hybridized carbons (Fsp3) is 0.316. The number of hydrogen-bond donors (Lipinski definition) is 1. The Balaban J connectivity index is 2.19. The number of hydrogen-bond acceptors (Lipinski definition) is 4. The van der Waals surface area contributed by atoms with Crippen molar-refractivity contribution >= 4 is 21.6 Å². The van der Waals surface area contributed by atoms with Gasteiger partial charge in [-0.1, -0.05) is 25.1 Å². The number of rotatable bonds is 7. The molecule has 7 heteroatoms. The summed E-state index contributed by atoms with van der Waals surface area (Å²) in [5, 5.41) is 2.71. The van der Waals surface area contributed by atoms with Gasteiger partial charge in [-0.3, -0.25) is 4.79 Å². The molecule has 0 aliphatic carbocycles. The second kappa shape index (κ2) is 8.33. The molecule has 140 valence electrons. The first kappa shape index (κ1) is 19.9. The Kier molecular flexibility index (Phi) is 6.39. The minimum atomic E-state index is -3.76. The van der Waals surface area contributed by atoms with Crippen LogP contribution in [0.1, 0.15) is 18.1 Å². The van der Waals surface area contributed by atoms with Gasteiger partial charge in [-0.25, -0.2) is 8.42 Å². The third kappa shape index (κ3) is 4.62. The largest absolute Gasteiger partial charge is 0.497 e. The summed E-state index contributed by atoms with van der Waals surface area (Å²) >= 11 is 0. The molecule has 0 fully saturated rings. The van der Waals surface area contributed by atoms with Crippen LogP contribution in [0, 0.1) is 13.8 Å². The van der Waals surface area contributed by atoms with Crippen LogP contribution in [0.4, 0.5) is 5.69 Å². The van der Waals surface area contributed by atoms with Gasteiger partial charge in [0.1, 0.15) is 5.75 Å². The normalized spacial score (nSPS) is 11.4. The van der Waals surface area contributed by atoms with Crippen molar-refractivity contribution in [1.29, 1.82) is 0 Å². The summed E-state index contributed by atoms with van der Waals surface area (Å²) in [4.78, 5) is 12.6. The van der Waals surface area contributed by atoms with E-state index in [1.165, 1.54) is 11.4 Å². The Morgan fingerprint density at radius 3 is 2.54 bits per heavy atom. The third-order valence-electron chi connectivity index (χ3n) is 3.99. The summed E-state index contributed by atoms with van der Waals surface area (Å²) in [5.74, 6) is 0.201. The average molecular weight is 376 g/mol. The van der Waals surface area contributed by atoms with Gasteiger partial charge in [0.15, 0.2) is 0 Å². The SMILES string of the molecule is CCN(CC(=O)Nc1cccc(OC)c1)S(=O)(=O)c1cc(C)ccc1C. The monoisotopic (exact) mass is 376 g/mol. The van der Waals surface area contributed by atoms with E-state index in [4.69, 9.17) is 4.74 Å². The van der Waals surface area contributed by atoms with Crippen LogP contribution in [-0.4, -0.2) is 38.8 Å². The average Bonchev–Trinajstić information content (AvgIpc) is 2.61. The number of methoxy groups -OCH3 is 1. The van der Waals surface area contributed by atoms with E-state index < -0.39 is 15.9 Å². The maximum atomic E-state index is 13.0. The highest BCUT2D eigenvalue weighted by Gasteiger charge is 2.26. The van der Waals surface area contributed by atoms with E-state index in [9.17, 15) is 13.2 Å². The number of aryl methyl sites for hydroxylation is 2. The van der Waals surface area contributed by atoms with Gasteiger partial charge in [-0.15, -0.1) is 0 Å². The summed E-state index contributed by atoms with van der Waals surface area (Å²) in [5.41, 5.74) is 2.06. The molecule has 1 N–H and O–H groups in total. The van der Waals surface area contributed by atoms with E-state index in [-0.39, 0.29) is 18.0 Å². The van der Waals surface area contributed by atoms with Crippen molar-refractivity contribution in [2.45, 2.75) is 25.7 Å². The molecular weight excluding hydrogens is 352 g/mol. The highest BCUT2D eigenvalue weighted by atomic mass is 32.2. The van der Waals surface area contributed by atoms with Crippen LogP contribution in [0.15, 0.2) is 47.4 Å². The third-order valence-corrected chi connectivity index (χ3v) is 6.05. The molecule has 0 radical (unpaired) electrons. The lowest BCUT2D eigenvalue weighted by Gasteiger charge is -2.21. The van der Waals surface area contributed by atoms with Crippen LogP contribution >= 0.6 is 0 Å². The maximum absolute atomic E-state index is 13.0. The van der Waals surface area contributed by atoms with E-state index in [1.807, 2.05) is 13.0 Å². The van der Waals surface area contributed by atoms with Gasteiger partial charge < -0.3 is 10.1 Å². The van der Waals surface area contributed by atoms with Crippen LogP contribution in [0.2, 0.25) is 0 Å². The number of amides is 1. The highest BCUT2D eigenvalue weighted by molar-refractivity contribution is 7.89. The summed E-state index contributed by atoms with van der Waals surface area (Å²) in [6.07, 6.45) is 0. The number of likely N-dealkylation sites (N-methyl/N-ethyl adjacent to an activating group) is 1. The zero-order valence-electron chi connectivity index (χ0n) is 15.4. The van der Waals surface area contributed by atoms with Crippen molar-refractivity contribution in [3.63, 3.8) is 0 Å². The second-order valence-electron chi connectivity index (χ2n) is 5.98. The number of ether oxygens (including phenoxy) is 1. The molecule has 0 spiro atoms. The van der Waals surface area contributed by atoms with Crippen molar-refractivity contribution in [2.24, 2.45) is 0 Å². The van der Waals surface area contributed by atoms with E-state index in [0.717, 1.165) is 5.56 Å². The Morgan fingerprint density at radius 1 is 1.15 bits per heavy atom. The second-order valence-corrected chi connectivity index (χ2v) is 7.89. The van der Waals surface area contributed by atoms with Crippen molar-refractivity contribution in [1.82, 2.24) is 4.31 Å². The summed E-state index contributed by atoms with van der Waals surface area (Å²) in [7, 11) is -2.22. The first-order chi connectivity index (χ1) is 12.3. The van der Waals surface area contributed by atoms with Crippen molar-refractivity contribution in [3.8, 4) is 5.75 Å². The molecule has 2 aromatic carbocycles. The number of nitrogens with one attached hydrogen (secondary N) is 1. The van der Waals surface area contributed by atoms with Crippen LogP contribution in [0.25, 0.3) is 0 Å². The number of carbonyl (C=O) groups excluding carboxylic acids is 1. The number of nitrogens with zero attached hydrogens (tertiary/aromatic N) is 1. The maximum Gasteiger partial charge on any atom is 0.243 e.